The van der Waals surface area contributed by atoms with Crippen LogP contribution < -0.4 is 14.8 Å². The lowest BCUT2D eigenvalue weighted by Gasteiger charge is -2.18. The Hall–Kier alpha value is -2.99. The van der Waals surface area contributed by atoms with Crippen LogP contribution in [0.1, 0.15) is 42.1 Å². The van der Waals surface area contributed by atoms with Gasteiger partial charge in [-0.05, 0) is 61.2 Å². The molecule has 1 saturated heterocycles. The molecule has 0 bridgehead atoms. The van der Waals surface area contributed by atoms with Gasteiger partial charge in [-0.15, -0.1) is 0 Å². The van der Waals surface area contributed by atoms with Crippen LogP contribution in [0.25, 0.3) is 6.08 Å². The Balaban J connectivity index is 1.72. The van der Waals surface area contributed by atoms with E-state index in [-0.39, 0.29) is 11.8 Å². The van der Waals surface area contributed by atoms with Crippen LogP contribution in [-0.2, 0) is 4.79 Å². The van der Waals surface area contributed by atoms with E-state index in [9.17, 15) is 9.59 Å². The fourth-order valence-corrected chi connectivity index (χ4v) is 3.53. The lowest BCUT2D eigenvalue weighted by molar-refractivity contribution is -0.111. The smallest absolute Gasteiger partial charge is 0.255 e. The van der Waals surface area contributed by atoms with E-state index < -0.39 is 0 Å². The largest absolute Gasteiger partial charge is 0.493 e. The van der Waals surface area contributed by atoms with Crippen LogP contribution in [0.3, 0.4) is 0 Å². The monoisotopic (exact) mass is 442 g/mol. The molecule has 0 saturated carbocycles. The maximum Gasteiger partial charge on any atom is 0.255 e. The minimum absolute atomic E-state index is 0.0964. The topological polar surface area (TPSA) is 67.9 Å². The number of amides is 2. The van der Waals surface area contributed by atoms with E-state index in [4.69, 9.17) is 21.1 Å². The second-order valence-electron chi connectivity index (χ2n) is 7.27. The number of hydrogen-bond acceptors (Lipinski definition) is 4. The average Bonchev–Trinajstić information content (AvgIpc) is 3.31. The molecule has 1 aliphatic rings. The predicted octanol–water partition coefficient (Wildman–Crippen LogP) is 5.03. The van der Waals surface area contributed by atoms with E-state index in [0.717, 1.165) is 37.9 Å². The molecule has 1 aliphatic heterocycles. The van der Waals surface area contributed by atoms with Crippen LogP contribution in [0.4, 0.5) is 5.69 Å². The minimum Gasteiger partial charge on any atom is -0.493 e. The molecule has 7 heteroatoms. The number of ether oxygens (including phenoxy) is 2. The SMILES string of the molecule is CCCOc1ccc(/C=C/C(=O)Nc2cc(Cl)ccc2C(=O)N2CCCC2)cc1OC. The molecule has 1 heterocycles. The molecule has 0 unspecified atom stereocenters. The molecule has 2 aromatic carbocycles. The van der Waals surface area contributed by atoms with Gasteiger partial charge in [0.25, 0.3) is 5.91 Å². The van der Waals surface area contributed by atoms with E-state index in [0.29, 0.717) is 34.4 Å². The molecule has 0 aromatic heterocycles. The van der Waals surface area contributed by atoms with Gasteiger partial charge in [-0.2, -0.15) is 0 Å². The summed E-state index contributed by atoms with van der Waals surface area (Å²) in [6.45, 7) is 4.10. The minimum atomic E-state index is -0.358. The first-order valence-electron chi connectivity index (χ1n) is 10.4. The number of rotatable bonds is 8. The first kappa shape index (κ1) is 22.7. The van der Waals surface area contributed by atoms with Gasteiger partial charge >= 0.3 is 0 Å². The van der Waals surface area contributed by atoms with E-state index in [2.05, 4.69) is 5.32 Å². The molecule has 3 rings (SSSR count). The third kappa shape index (κ3) is 6.01. The number of halogens is 1. The molecule has 6 nitrogen and oxygen atoms in total. The Morgan fingerprint density at radius 2 is 1.90 bits per heavy atom. The number of likely N-dealkylation sites (tertiary alicyclic amines) is 1. The van der Waals surface area contributed by atoms with Gasteiger partial charge in [-0.1, -0.05) is 24.6 Å². The number of methoxy groups -OCH3 is 1. The zero-order chi connectivity index (χ0) is 22.2. The van der Waals surface area contributed by atoms with Crippen LogP contribution >= 0.6 is 11.6 Å². The normalized spacial score (nSPS) is 13.5. The zero-order valence-electron chi connectivity index (χ0n) is 17.8. The second-order valence-corrected chi connectivity index (χ2v) is 7.71. The number of carbonyl (C=O) groups excluding carboxylic acids is 2. The molecule has 2 amide bonds. The Bertz CT molecular complexity index is 968. The van der Waals surface area contributed by atoms with Gasteiger partial charge in [0.05, 0.1) is 25.0 Å². The van der Waals surface area contributed by atoms with Gasteiger partial charge in [-0.3, -0.25) is 9.59 Å². The van der Waals surface area contributed by atoms with Crippen molar-refractivity contribution in [3.05, 3.63) is 58.6 Å². The number of nitrogens with one attached hydrogen (secondary N) is 1. The maximum absolute atomic E-state index is 12.8. The van der Waals surface area contributed by atoms with Gasteiger partial charge in [0, 0.05) is 24.2 Å². The Kier molecular flexibility index (Phi) is 7.95. The highest BCUT2D eigenvalue weighted by atomic mass is 35.5. The number of benzene rings is 2. The number of nitrogens with zero attached hydrogens (tertiary/aromatic N) is 1. The molecule has 31 heavy (non-hydrogen) atoms. The predicted molar refractivity (Wildman–Crippen MR) is 123 cm³/mol. The summed E-state index contributed by atoms with van der Waals surface area (Å²) in [5.41, 5.74) is 1.63. The lowest BCUT2D eigenvalue weighted by Crippen LogP contribution is -2.28. The van der Waals surface area contributed by atoms with Crippen molar-refractivity contribution in [3.63, 3.8) is 0 Å². The second kappa shape index (κ2) is 10.9. The molecule has 1 N–H and O–H groups in total. The summed E-state index contributed by atoms with van der Waals surface area (Å²) in [4.78, 5) is 27.1. The quantitative estimate of drug-likeness (QED) is 0.582. The van der Waals surface area contributed by atoms with Crippen LogP contribution in [0.15, 0.2) is 42.5 Å². The zero-order valence-corrected chi connectivity index (χ0v) is 18.6. The van der Waals surface area contributed by atoms with Crippen LogP contribution in [0, 0.1) is 0 Å². The van der Waals surface area contributed by atoms with Gasteiger partial charge in [0.15, 0.2) is 11.5 Å². The summed E-state index contributed by atoms with van der Waals surface area (Å²) in [5, 5.41) is 3.23. The summed E-state index contributed by atoms with van der Waals surface area (Å²) in [5.74, 6) is 0.808. The summed E-state index contributed by atoms with van der Waals surface area (Å²) < 4.78 is 11.0. The summed E-state index contributed by atoms with van der Waals surface area (Å²) in [7, 11) is 1.58. The van der Waals surface area contributed by atoms with Crippen LogP contribution in [-0.4, -0.2) is 43.5 Å². The first-order chi connectivity index (χ1) is 15.0. The molecule has 0 aliphatic carbocycles. The van der Waals surface area contributed by atoms with Crippen molar-refractivity contribution in [2.24, 2.45) is 0 Å². The third-order valence-corrected chi connectivity index (χ3v) is 5.17. The molecule has 1 fully saturated rings. The summed E-state index contributed by atoms with van der Waals surface area (Å²) >= 11 is 6.10. The van der Waals surface area contributed by atoms with Crippen LogP contribution in [0.5, 0.6) is 11.5 Å². The fraction of sp³-hybridized carbons (Fsp3) is 0.333. The highest BCUT2D eigenvalue weighted by Crippen LogP contribution is 2.29. The first-order valence-corrected chi connectivity index (χ1v) is 10.8. The molecular weight excluding hydrogens is 416 g/mol. The Morgan fingerprint density at radius 3 is 2.61 bits per heavy atom. The van der Waals surface area contributed by atoms with Crippen molar-refractivity contribution in [1.82, 2.24) is 4.90 Å². The van der Waals surface area contributed by atoms with E-state index >= 15 is 0 Å². The fourth-order valence-electron chi connectivity index (χ4n) is 3.36. The number of hydrogen-bond donors (Lipinski definition) is 1. The molecule has 164 valence electrons. The van der Waals surface area contributed by atoms with Crippen molar-refractivity contribution in [2.45, 2.75) is 26.2 Å². The molecule has 0 radical (unpaired) electrons. The van der Waals surface area contributed by atoms with Gasteiger partial charge in [-0.25, -0.2) is 0 Å². The Labute approximate surface area is 187 Å². The summed E-state index contributed by atoms with van der Waals surface area (Å²) in [6, 6.07) is 10.4. The maximum atomic E-state index is 12.8. The van der Waals surface area contributed by atoms with Gasteiger partial charge in [0.2, 0.25) is 5.91 Å². The standard InChI is InChI=1S/C24H27ClN2O4/c1-3-14-31-21-10-6-17(15-22(21)30-2)7-11-23(28)26-20-16-18(25)8-9-19(20)24(29)27-12-4-5-13-27/h6-11,15-16H,3-5,12-14H2,1-2H3,(H,26,28)/b11-7+. The highest BCUT2D eigenvalue weighted by molar-refractivity contribution is 6.31. The molecular formula is C24H27ClN2O4. The number of anilines is 1. The van der Waals surface area contributed by atoms with Crippen molar-refractivity contribution in [2.75, 3.05) is 32.1 Å². The van der Waals surface area contributed by atoms with Crippen molar-refractivity contribution >= 4 is 35.2 Å². The van der Waals surface area contributed by atoms with Gasteiger partial charge < -0.3 is 19.7 Å². The average molecular weight is 443 g/mol. The van der Waals surface area contributed by atoms with Gasteiger partial charge in [0.1, 0.15) is 0 Å². The number of carbonyl (C=O) groups is 2. The highest BCUT2D eigenvalue weighted by Gasteiger charge is 2.22. The molecule has 0 atom stereocenters. The van der Waals surface area contributed by atoms with Crippen molar-refractivity contribution < 1.29 is 19.1 Å². The molecule has 2 aromatic rings. The van der Waals surface area contributed by atoms with E-state index in [1.54, 1.807) is 42.4 Å². The lowest BCUT2D eigenvalue weighted by atomic mass is 10.1. The molecule has 0 spiro atoms. The van der Waals surface area contributed by atoms with Crippen molar-refractivity contribution in [1.29, 1.82) is 0 Å². The third-order valence-electron chi connectivity index (χ3n) is 4.94. The van der Waals surface area contributed by atoms with E-state index in [1.807, 2.05) is 19.1 Å². The Morgan fingerprint density at radius 1 is 1.13 bits per heavy atom. The summed E-state index contributed by atoms with van der Waals surface area (Å²) in [6.07, 6.45) is 5.97. The van der Waals surface area contributed by atoms with Crippen molar-refractivity contribution in [3.8, 4) is 11.5 Å². The van der Waals surface area contributed by atoms with E-state index in [1.165, 1.54) is 6.08 Å². The van der Waals surface area contributed by atoms with Crippen LogP contribution in [0.2, 0.25) is 5.02 Å².